The van der Waals surface area contributed by atoms with E-state index in [0.29, 0.717) is 12.8 Å². The van der Waals surface area contributed by atoms with E-state index in [1.807, 2.05) is 13.8 Å². The minimum Gasteiger partial charge on any atom is -0.349 e. The van der Waals surface area contributed by atoms with Gasteiger partial charge < -0.3 is 5.32 Å². The number of piperidine rings is 1. The summed E-state index contributed by atoms with van der Waals surface area (Å²) in [6, 6.07) is 8.97. The maximum Gasteiger partial charge on any atom is 0.243 e. The van der Waals surface area contributed by atoms with Crippen molar-refractivity contribution in [2.75, 3.05) is 13.1 Å². The van der Waals surface area contributed by atoms with Crippen LogP contribution in [0.15, 0.2) is 41.3 Å². The van der Waals surface area contributed by atoms with E-state index in [0.717, 1.165) is 23.3 Å². The highest BCUT2D eigenvalue weighted by Gasteiger charge is 2.32. The Morgan fingerprint density at radius 3 is 2.20 bits per heavy atom. The summed E-state index contributed by atoms with van der Waals surface area (Å²) in [6.07, 6.45) is 0.926. The van der Waals surface area contributed by atoms with Gasteiger partial charge in [-0.3, -0.25) is 4.79 Å². The Morgan fingerprint density at radius 2 is 1.60 bits per heavy atom. The first-order valence-corrected chi connectivity index (χ1v) is 11.7. The normalized spacial score (nSPS) is 17.0. The van der Waals surface area contributed by atoms with Crippen LogP contribution in [0.25, 0.3) is 0 Å². The Hall–Kier alpha value is -2.25. The van der Waals surface area contributed by atoms with Crippen molar-refractivity contribution in [3.05, 3.63) is 64.5 Å². The fourth-order valence-corrected chi connectivity index (χ4v) is 5.44. The number of nitrogens with zero attached hydrogens (tertiary/aromatic N) is 1. The average molecular weight is 433 g/mol. The molecule has 1 fully saturated rings. The van der Waals surface area contributed by atoms with E-state index in [9.17, 15) is 17.6 Å². The Morgan fingerprint density at radius 1 is 1.03 bits per heavy atom. The molecule has 162 valence electrons. The van der Waals surface area contributed by atoms with Crippen molar-refractivity contribution in [2.45, 2.75) is 51.5 Å². The zero-order valence-electron chi connectivity index (χ0n) is 17.9. The van der Waals surface area contributed by atoms with Crippen LogP contribution in [0, 0.1) is 32.5 Å². The van der Waals surface area contributed by atoms with Gasteiger partial charge in [0.1, 0.15) is 5.82 Å². The first-order chi connectivity index (χ1) is 14.1. The molecule has 1 N–H and O–H groups in total. The summed E-state index contributed by atoms with van der Waals surface area (Å²) in [5.41, 5.74) is 4.66. The van der Waals surface area contributed by atoms with Crippen LogP contribution in [0.5, 0.6) is 0 Å². The molecule has 1 atom stereocenters. The molecule has 1 amide bonds. The molecule has 1 aliphatic rings. The van der Waals surface area contributed by atoms with Gasteiger partial charge in [0.25, 0.3) is 0 Å². The van der Waals surface area contributed by atoms with Crippen LogP contribution in [0.4, 0.5) is 4.39 Å². The SMILES string of the molecule is Cc1cc(C)c([C@H](C)NC(=O)C2CCN(S(=O)(=O)c3ccc(F)cc3)CC2)cc1C. The van der Waals surface area contributed by atoms with E-state index in [2.05, 4.69) is 31.3 Å². The number of carbonyl (C=O) groups is 1. The molecule has 3 rings (SSSR count). The van der Waals surface area contributed by atoms with Crippen molar-refractivity contribution in [1.82, 2.24) is 9.62 Å². The number of sulfonamides is 1. The van der Waals surface area contributed by atoms with Crippen molar-refractivity contribution < 1.29 is 17.6 Å². The van der Waals surface area contributed by atoms with Gasteiger partial charge in [0.05, 0.1) is 10.9 Å². The van der Waals surface area contributed by atoms with Crippen molar-refractivity contribution >= 4 is 15.9 Å². The van der Waals surface area contributed by atoms with Crippen LogP contribution in [-0.2, 0) is 14.8 Å². The van der Waals surface area contributed by atoms with Crippen LogP contribution in [0.1, 0.15) is 48.1 Å². The number of carbonyl (C=O) groups excluding carboxylic acids is 1. The minimum atomic E-state index is -3.67. The third-order valence-corrected chi connectivity index (χ3v) is 7.90. The number of halogens is 1. The number of aryl methyl sites for hydroxylation is 3. The van der Waals surface area contributed by atoms with Crippen LogP contribution in [0.3, 0.4) is 0 Å². The molecule has 0 bridgehead atoms. The zero-order valence-corrected chi connectivity index (χ0v) is 18.7. The highest BCUT2D eigenvalue weighted by Crippen LogP contribution is 2.26. The molecule has 7 heteroatoms. The largest absolute Gasteiger partial charge is 0.349 e. The van der Waals surface area contributed by atoms with Gasteiger partial charge in [0.2, 0.25) is 15.9 Å². The second kappa shape index (κ2) is 8.86. The van der Waals surface area contributed by atoms with Gasteiger partial charge in [-0.1, -0.05) is 12.1 Å². The lowest BCUT2D eigenvalue weighted by Crippen LogP contribution is -2.43. The van der Waals surface area contributed by atoms with Gasteiger partial charge in [0, 0.05) is 19.0 Å². The van der Waals surface area contributed by atoms with Crippen molar-refractivity contribution in [3.63, 3.8) is 0 Å². The first kappa shape index (κ1) is 22.4. The predicted molar refractivity (Wildman–Crippen MR) is 115 cm³/mol. The van der Waals surface area contributed by atoms with E-state index in [1.165, 1.54) is 27.6 Å². The van der Waals surface area contributed by atoms with Gasteiger partial charge >= 0.3 is 0 Å². The van der Waals surface area contributed by atoms with Crippen molar-refractivity contribution in [1.29, 1.82) is 0 Å². The molecule has 0 aromatic heterocycles. The third-order valence-electron chi connectivity index (χ3n) is 5.98. The molecule has 0 saturated carbocycles. The number of hydrogen-bond donors (Lipinski definition) is 1. The quantitative estimate of drug-likeness (QED) is 0.776. The second-order valence-corrected chi connectivity index (χ2v) is 10.1. The fourth-order valence-electron chi connectivity index (χ4n) is 3.97. The molecule has 2 aromatic carbocycles. The van der Waals surface area contributed by atoms with Crippen LogP contribution in [-0.4, -0.2) is 31.7 Å². The second-order valence-electron chi connectivity index (χ2n) is 8.16. The van der Waals surface area contributed by atoms with E-state index in [4.69, 9.17) is 0 Å². The standard InChI is InChI=1S/C23H29FN2O3S/c1-15-13-17(3)22(14-16(15)2)18(4)25-23(27)19-9-11-26(12-10-19)30(28,29)21-7-5-20(24)6-8-21/h5-8,13-14,18-19H,9-12H2,1-4H3,(H,25,27)/t18-/m0/s1. The van der Waals surface area contributed by atoms with Gasteiger partial charge in [-0.15, -0.1) is 0 Å². The molecule has 1 aliphatic heterocycles. The number of benzene rings is 2. The molecule has 1 saturated heterocycles. The topological polar surface area (TPSA) is 66.5 Å². The molecule has 0 aliphatic carbocycles. The van der Waals surface area contributed by atoms with Crippen molar-refractivity contribution in [2.24, 2.45) is 5.92 Å². The highest BCUT2D eigenvalue weighted by molar-refractivity contribution is 7.89. The molecule has 0 unspecified atom stereocenters. The molecular weight excluding hydrogens is 403 g/mol. The Labute approximate surface area is 178 Å². The van der Waals surface area contributed by atoms with Gasteiger partial charge in [0.15, 0.2) is 0 Å². The van der Waals surface area contributed by atoms with Crippen LogP contribution < -0.4 is 5.32 Å². The van der Waals surface area contributed by atoms with E-state index in [-0.39, 0.29) is 35.9 Å². The fraction of sp³-hybridized carbons (Fsp3) is 0.435. The van der Waals surface area contributed by atoms with Gasteiger partial charge in [-0.25, -0.2) is 12.8 Å². The number of rotatable bonds is 5. The Bertz CT molecular complexity index is 1030. The summed E-state index contributed by atoms with van der Waals surface area (Å²) in [5, 5.41) is 3.10. The molecule has 0 radical (unpaired) electrons. The number of hydrogen-bond acceptors (Lipinski definition) is 3. The maximum atomic E-state index is 13.1. The minimum absolute atomic E-state index is 0.0426. The van der Waals surface area contributed by atoms with E-state index >= 15 is 0 Å². The van der Waals surface area contributed by atoms with Crippen molar-refractivity contribution in [3.8, 4) is 0 Å². The molecular formula is C23H29FN2O3S. The lowest BCUT2D eigenvalue weighted by Gasteiger charge is -2.31. The summed E-state index contributed by atoms with van der Waals surface area (Å²) in [6.45, 7) is 8.70. The number of amides is 1. The summed E-state index contributed by atoms with van der Waals surface area (Å²) >= 11 is 0. The Balaban J connectivity index is 1.61. The van der Waals surface area contributed by atoms with Gasteiger partial charge in [-0.2, -0.15) is 4.31 Å². The summed E-state index contributed by atoms with van der Waals surface area (Å²) in [7, 11) is -3.67. The van der Waals surface area contributed by atoms with E-state index in [1.54, 1.807) is 0 Å². The highest BCUT2D eigenvalue weighted by atomic mass is 32.2. The van der Waals surface area contributed by atoms with Crippen LogP contribution in [0.2, 0.25) is 0 Å². The predicted octanol–water partition coefficient (Wildman–Crippen LogP) is 4.03. The average Bonchev–Trinajstić information content (AvgIpc) is 2.71. The van der Waals surface area contributed by atoms with Gasteiger partial charge in [-0.05, 0) is 87.1 Å². The smallest absolute Gasteiger partial charge is 0.243 e. The third kappa shape index (κ3) is 4.73. The molecule has 2 aromatic rings. The molecule has 5 nitrogen and oxygen atoms in total. The first-order valence-electron chi connectivity index (χ1n) is 10.2. The monoisotopic (exact) mass is 432 g/mol. The molecule has 1 heterocycles. The summed E-state index contributed by atoms with van der Waals surface area (Å²) in [4.78, 5) is 12.9. The lowest BCUT2D eigenvalue weighted by atomic mass is 9.94. The van der Waals surface area contributed by atoms with E-state index < -0.39 is 15.8 Å². The molecule has 30 heavy (non-hydrogen) atoms. The Kier molecular flexibility index (Phi) is 6.62. The maximum absolute atomic E-state index is 13.1. The molecule has 0 spiro atoms. The van der Waals surface area contributed by atoms with Crippen LogP contribution >= 0.6 is 0 Å². The lowest BCUT2D eigenvalue weighted by molar-refractivity contribution is -0.126. The summed E-state index contributed by atoms with van der Waals surface area (Å²) < 4.78 is 39.9. The summed E-state index contributed by atoms with van der Waals surface area (Å²) in [5.74, 6) is -0.740. The zero-order chi connectivity index (χ0) is 22.1. The number of nitrogens with one attached hydrogen (secondary N) is 1.